The fourth-order valence-electron chi connectivity index (χ4n) is 3.56. The number of hydrogen-bond donors (Lipinski definition) is 0. The Morgan fingerprint density at radius 1 is 1.39 bits per heavy atom. The molecule has 0 saturated carbocycles. The smallest absolute Gasteiger partial charge is 0.338 e. The molecule has 2 aromatic carbocycles. The maximum atomic E-state index is 14.0. The van der Waals surface area contributed by atoms with Gasteiger partial charge >= 0.3 is 5.97 Å². The van der Waals surface area contributed by atoms with Gasteiger partial charge in [0.05, 0.1) is 31.5 Å². The summed E-state index contributed by atoms with van der Waals surface area (Å²) < 4.78 is 29.4. The third-order valence-electron chi connectivity index (χ3n) is 4.74. The van der Waals surface area contributed by atoms with Gasteiger partial charge in [-0.3, -0.25) is 4.79 Å². The lowest BCUT2D eigenvalue weighted by atomic mass is 10.0. The van der Waals surface area contributed by atoms with Gasteiger partial charge in [-0.2, -0.15) is 0 Å². The molecule has 0 aromatic heterocycles. The van der Waals surface area contributed by atoms with Crippen LogP contribution in [0.25, 0.3) is 0 Å². The third kappa shape index (κ3) is 2.80. The number of anilines is 1. The minimum Gasteiger partial charge on any atom is -0.467 e. The zero-order valence-electron chi connectivity index (χ0n) is 14.8. The maximum absolute atomic E-state index is 14.0. The minimum atomic E-state index is -1.38. The fourth-order valence-corrected chi connectivity index (χ4v) is 3.56. The van der Waals surface area contributed by atoms with Gasteiger partial charge in [-0.05, 0) is 24.3 Å². The molecule has 8 nitrogen and oxygen atoms in total. The van der Waals surface area contributed by atoms with Crippen LogP contribution in [0.1, 0.15) is 33.1 Å². The van der Waals surface area contributed by atoms with Gasteiger partial charge in [0, 0.05) is 16.7 Å². The Labute approximate surface area is 158 Å². The van der Waals surface area contributed by atoms with Crippen molar-refractivity contribution in [3.05, 3.63) is 63.3 Å². The van der Waals surface area contributed by atoms with Crippen molar-refractivity contribution in [2.75, 3.05) is 18.8 Å². The van der Waals surface area contributed by atoms with E-state index >= 15 is 0 Å². The number of fused-ring (bicyclic) bond motifs is 2. The second kappa shape index (κ2) is 7.01. The Morgan fingerprint density at radius 2 is 2.21 bits per heavy atom. The molecule has 0 N–H and O–H groups in total. The summed E-state index contributed by atoms with van der Waals surface area (Å²) in [6.45, 7) is 0.152. The number of hydrogen-bond acceptors (Lipinski definition) is 7. The van der Waals surface area contributed by atoms with Crippen molar-refractivity contribution in [1.29, 1.82) is 0 Å². The molecule has 1 amide bonds. The van der Waals surface area contributed by atoms with Crippen LogP contribution in [0.3, 0.4) is 0 Å². The molecule has 0 spiro atoms. The molecule has 0 bridgehead atoms. The lowest BCUT2D eigenvalue weighted by Gasteiger charge is -2.24. The first-order valence-electron chi connectivity index (χ1n) is 8.42. The van der Waals surface area contributed by atoms with Crippen molar-refractivity contribution >= 4 is 17.6 Å². The SMILES string of the molecule is COC(=O)c1cccc2c1C(N=O)C(=O)N2Cc1cc(F)cc2c1OCOC2. The van der Waals surface area contributed by atoms with Gasteiger partial charge in [-0.25, -0.2) is 9.18 Å². The zero-order valence-corrected chi connectivity index (χ0v) is 14.8. The summed E-state index contributed by atoms with van der Waals surface area (Å²) in [6, 6.07) is 5.83. The average molecular weight is 386 g/mol. The summed E-state index contributed by atoms with van der Waals surface area (Å²) in [7, 11) is 1.21. The van der Waals surface area contributed by atoms with Crippen LogP contribution in [0.15, 0.2) is 35.5 Å². The van der Waals surface area contributed by atoms with Crippen LogP contribution in [0.4, 0.5) is 10.1 Å². The zero-order chi connectivity index (χ0) is 19.8. The first-order valence-corrected chi connectivity index (χ1v) is 8.42. The Morgan fingerprint density at radius 3 is 2.96 bits per heavy atom. The van der Waals surface area contributed by atoms with Crippen LogP contribution >= 0.6 is 0 Å². The van der Waals surface area contributed by atoms with Crippen molar-refractivity contribution in [3.63, 3.8) is 0 Å². The molecule has 2 heterocycles. The Kier molecular flexibility index (Phi) is 4.52. The number of ether oxygens (including phenoxy) is 3. The second-order valence-electron chi connectivity index (χ2n) is 6.33. The highest BCUT2D eigenvalue weighted by molar-refractivity contribution is 6.08. The van der Waals surface area contributed by atoms with Crippen molar-refractivity contribution in [2.24, 2.45) is 5.18 Å². The van der Waals surface area contributed by atoms with E-state index in [1.54, 1.807) is 12.1 Å². The summed E-state index contributed by atoms with van der Waals surface area (Å²) in [5, 5.41) is 2.91. The van der Waals surface area contributed by atoms with Crippen molar-refractivity contribution in [1.82, 2.24) is 0 Å². The number of nitrogens with zero attached hydrogens (tertiary/aromatic N) is 2. The number of methoxy groups -OCH3 is 1. The molecule has 0 aliphatic carbocycles. The van der Waals surface area contributed by atoms with E-state index in [1.165, 1.54) is 30.2 Å². The van der Waals surface area contributed by atoms with Crippen LogP contribution in [-0.4, -0.2) is 25.8 Å². The highest BCUT2D eigenvalue weighted by Crippen LogP contribution is 2.42. The predicted molar refractivity (Wildman–Crippen MR) is 94.2 cm³/mol. The van der Waals surface area contributed by atoms with Crippen molar-refractivity contribution in [2.45, 2.75) is 19.2 Å². The Balaban J connectivity index is 1.79. The first-order chi connectivity index (χ1) is 13.5. The molecule has 0 radical (unpaired) electrons. The van der Waals surface area contributed by atoms with E-state index in [2.05, 4.69) is 5.18 Å². The van der Waals surface area contributed by atoms with E-state index in [4.69, 9.17) is 14.2 Å². The molecule has 1 unspecified atom stereocenters. The molecular weight excluding hydrogens is 371 g/mol. The molecule has 2 aliphatic rings. The standard InChI is InChI=1S/C19H15FN2O6/c1-26-19(24)13-3-2-4-14-15(13)16(21-25)18(23)22(14)7-10-5-12(20)6-11-8-27-9-28-17(10)11/h2-6,16H,7-9H2,1H3. The number of nitroso groups, excluding NO2 is 1. The molecule has 0 fully saturated rings. The van der Waals surface area contributed by atoms with Crippen LogP contribution in [0.5, 0.6) is 5.75 Å². The molecule has 28 heavy (non-hydrogen) atoms. The van der Waals surface area contributed by atoms with Gasteiger partial charge in [0.15, 0.2) is 12.8 Å². The van der Waals surface area contributed by atoms with Gasteiger partial charge in [-0.15, -0.1) is 4.91 Å². The molecule has 1 atom stereocenters. The van der Waals surface area contributed by atoms with E-state index in [9.17, 15) is 18.9 Å². The van der Waals surface area contributed by atoms with Crippen LogP contribution < -0.4 is 9.64 Å². The fraction of sp³-hybridized carbons (Fsp3) is 0.263. The van der Waals surface area contributed by atoms with Gasteiger partial charge in [0.1, 0.15) is 11.6 Å². The molecule has 144 valence electrons. The molecule has 4 rings (SSSR count). The molecular formula is C19H15FN2O6. The number of carbonyl (C=O) groups is 2. The van der Waals surface area contributed by atoms with Crippen molar-refractivity contribution in [3.8, 4) is 5.75 Å². The number of carbonyl (C=O) groups excluding carboxylic acids is 2. The summed E-state index contributed by atoms with van der Waals surface area (Å²) in [6.07, 6.45) is 0. The van der Waals surface area contributed by atoms with Gasteiger partial charge in [-0.1, -0.05) is 11.2 Å². The van der Waals surface area contributed by atoms with Gasteiger partial charge in [0.2, 0.25) is 0 Å². The number of amides is 1. The highest BCUT2D eigenvalue weighted by Gasteiger charge is 2.42. The van der Waals surface area contributed by atoms with E-state index in [-0.39, 0.29) is 31.1 Å². The summed E-state index contributed by atoms with van der Waals surface area (Å²) in [5.74, 6) is -1.34. The second-order valence-corrected chi connectivity index (χ2v) is 6.33. The monoisotopic (exact) mass is 386 g/mol. The highest BCUT2D eigenvalue weighted by atomic mass is 19.1. The van der Waals surface area contributed by atoms with Crippen LogP contribution in [0.2, 0.25) is 0 Å². The Bertz CT molecular complexity index is 993. The molecule has 0 saturated heterocycles. The van der Waals surface area contributed by atoms with E-state index in [1.807, 2.05) is 0 Å². The number of benzene rings is 2. The lowest BCUT2D eigenvalue weighted by molar-refractivity contribution is -0.119. The summed E-state index contributed by atoms with van der Waals surface area (Å²) >= 11 is 0. The van der Waals surface area contributed by atoms with Crippen molar-refractivity contribution < 1.29 is 28.2 Å². The topological polar surface area (TPSA) is 94.5 Å². The normalized spacial score (nSPS) is 17.6. The van der Waals surface area contributed by atoms with Crippen LogP contribution in [0, 0.1) is 10.7 Å². The van der Waals surface area contributed by atoms with E-state index < -0.39 is 23.7 Å². The maximum Gasteiger partial charge on any atom is 0.338 e. The van der Waals surface area contributed by atoms with E-state index in [0.717, 1.165) is 0 Å². The van der Waals surface area contributed by atoms with Crippen LogP contribution in [-0.2, 0) is 27.4 Å². The summed E-state index contributed by atoms with van der Waals surface area (Å²) in [4.78, 5) is 37.6. The lowest BCUT2D eigenvalue weighted by Crippen LogP contribution is -2.28. The Hall–Kier alpha value is -3.33. The number of halogens is 1. The minimum absolute atomic E-state index is 0.0151. The van der Waals surface area contributed by atoms with E-state index in [0.29, 0.717) is 22.6 Å². The summed E-state index contributed by atoms with van der Waals surface area (Å²) in [5.41, 5.74) is 1.58. The quantitative estimate of drug-likeness (QED) is 0.592. The number of rotatable bonds is 4. The molecule has 2 aromatic rings. The largest absolute Gasteiger partial charge is 0.467 e. The number of esters is 1. The molecule has 9 heteroatoms. The predicted octanol–water partition coefficient (Wildman–Crippen LogP) is 2.83. The first kappa shape index (κ1) is 18.1. The van der Waals surface area contributed by atoms with Gasteiger partial charge < -0.3 is 19.1 Å². The average Bonchev–Trinajstić information content (AvgIpc) is 2.98. The third-order valence-corrected chi connectivity index (χ3v) is 4.74. The molecule has 2 aliphatic heterocycles. The van der Waals surface area contributed by atoms with Gasteiger partial charge in [0.25, 0.3) is 5.91 Å².